The van der Waals surface area contributed by atoms with Gasteiger partial charge in [0.1, 0.15) is 17.6 Å². The molecule has 2 heterocycles. The monoisotopic (exact) mass is 332 g/mol. The third kappa shape index (κ3) is 3.35. The van der Waals surface area contributed by atoms with E-state index in [-0.39, 0.29) is 16.8 Å². The zero-order chi connectivity index (χ0) is 16.4. The van der Waals surface area contributed by atoms with E-state index in [0.717, 1.165) is 11.3 Å². The van der Waals surface area contributed by atoms with Crippen LogP contribution in [0.25, 0.3) is 11.1 Å². The second-order valence-electron chi connectivity index (χ2n) is 5.16. The van der Waals surface area contributed by atoms with Crippen LogP contribution >= 0.6 is 12.2 Å². The fourth-order valence-corrected chi connectivity index (χ4v) is 2.53. The highest BCUT2D eigenvalue weighted by Gasteiger charge is 2.19. The predicted octanol–water partition coefficient (Wildman–Crippen LogP) is 3.51. The summed E-state index contributed by atoms with van der Waals surface area (Å²) in [5, 5.41) is 2.90. The molecule has 0 spiro atoms. The van der Waals surface area contributed by atoms with E-state index in [9.17, 15) is 4.79 Å². The second-order valence-corrected chi connectivity index (χ2v) is 5.53. The van der Waals surface area contributed by atoms with Crippen molar-refractivity contribution in [1.82, 2.24) is 10.3 Å². The van der Waals surface area contributed by atoms with Gasteiger partial charge in [-0.2, -0.15) is 0 Å². The Morgan fingerprint density at radius 1 is 1.35 bits per heavy atom. The van der Waals surface area contributed by atoms with Gasteiger partial charge in [-0.25, -0.2) is 0 Å². The normalized spacial score (nSPS) is 12.4. The number of benzene rings is 1. The SMILES string of the molecule is COCC(NC(=O)c1ccc2[nH]c(=S)oc2c1)c1ccc(C)o1. The average molecular weight is 332 g/mol. The summed E-state index contributed by atoms with van der Waals surface area (Å²) in [6.45, 7) is 2.16. The number of ether oxygens (including phenoxy) is 1. The number of oxazole rings is 1. The molecular weight excluding hydrogens is 316 g/mol. The van der Waals surface area contributed by atoms with Gasteiger partial charge in [-0.15, -0.1) is 0 Å². The number of amides is 1. The fraction of sp³-hybridized carbons (Fsp3) is 0.250. The Hall–Kier alpha value is -2.38. The minimum Gasteiger partial charge on any atom is -0.464 e. The van der Waals surface area contributed by atoms with Crippen molar-refractivity contribution in [2.75, 3.05) is 13.7 Å². The third-order valence-corrected chi connectivity index (χ3v) is 3.61. The number of H-pyrrole nitrogens is 1. The first kappa shape index (κ1) is 15.5. The van der Waals surface area contributed by atoms with Crippen LogP contribution in [-0.4, -0.2) is 24.6 Å². The quantitative estimate of drug-likeness (QED) is 0.699. The molecule has 1 atom stereocenters. The predicted molar refractivity (Wildman–Crippen MR) is 86.9 cm³/mol. The molecule has 2 N–H and O–H groups in total. The van der Waals surface area contributed by atoms with Crippen molar-refractivity contribution < 1.29 is 18.4 Å². The molecule has 1 aromatic carbocycles. The zero-order valence-electron chi connectivity index (χ0n) is 12.7. The lowest BCUT2D eigenvalue weighted by Gasteiger charge is -2.15. The Morgan fingerprint density at radius 2 is 2.17 bits per heavy atom. The second kappa shape index (κ2) is 6.39. The van der Waals surface area contributed by atoms with Gasteiger partial charge in [0.05, 0.1) is 12.1 Å². The number of carbonyl (C=O) groups is 1. The van der Waals surface area contributed by atoms with E-state index in [1.807, 2.05) is 19.1 Å². The maximum Gasteiger partial charge on any atom is 0.266 e. The van der Waals surface area contributed by atoms with Crippen LogP contribution in [0.4, 0.5) is 0 Å². The maximum absolute atomic E-state index is 12.5. The lowest BCUT2D eigenvalue weighted by molar-refractivity contribution is 0.0882. The molecule has 120 valence electrons. The summed E-state index contributed by atoms with van der Waals surface area (Å²) < 4.78 is 16.1. The molecule has 0 aliphatic carbocycles. The fourth-order valence-electron chi connectivity index (χ4n) is 2.33. The lowest BCUT2D eigenvalue weighted by atomic mass is 10.1. The Bertz CT molecular complexity index is 893. The first-order chi connectivity index (χ1) is 11.1. The van der Waals surface area contributed by atoms with Crippen molar-refractivity contribution in [1.29, 1.82) is 0 Å². The number of furan rings is 1. The van der Waals surface area contributed by atoms with Gasteiger partial charge in [-0.3, -0.25) is 4.79 Å². The molecule has 23 heavy (non-hydrogen) atoms. The highest BCUT2D eigenvalue weighted by molar-refractivity contribution is 7.71. The minimum atomic E-state index is -0.366. The first-order valence-corrected chi connectivity index (χ1v) is 7.46. The molecule has 0 radical (unpaired) electrons. The van der Waals surface area contributed by atoms with Crippen molar-refractivity contribution in [3.8, 4) is 0 Å². The summed E-state index contributed by atoms with van der Waals surface area (Å²) in [4.78, 5) is 15.6. The molecule has 0 saturated heterocycles. The van der Waals surface area contributed by atoms with E-state index in [4.69, 9.17) is 25.8 Å². The maximum atomic E-state index is 12.5. The Balaban J connectivity index is 1.83. The number of hydrogen-bond donors (Lipinski definition) is 2. The molecule has 0 fully saturated rings. The van der Waals surface area contributed by atoms with Crippen LogP contribution in [0, 0.1) is 11.8 Å². The molecule has 7 heteroatoms. The molecule has 0 aliphatic rings. The van der Waals surface area contributed by atoms with Crippen molar-refractivity contribution >= 4 is 29.2 Å². The Morgan fingerprint density at radius 3 is 2.87 bits per heavy atom. The molecule has 6 nitrogen and oxygen atoms in total. The largest absolute Gasteiger partial charge is 0.464 e. The summed E-state index contributed by atoms with van der Waals surface area (Å²) >= 11 is 4.94. The highest BCUT2D eigenvalue weighted by Crippen LogP contribution is 2.19. The number of nitrogens with one attached hydrogen (secondary N) is 2. The van der Waals surface area contributed by atoms with Crippen LogP contribution in [0.15, 0.2) is 39.2 Å². The van der Waals surface area contributed by atoms with Crippen LogP contribution in [0.5, 0.6) is 0 Å². The number of methoxy groups -OCH3 is 1. The van der Waals surface area contributed by atoms with Crippen molar-refractivity contribution in [3.63, 3.8) is 0 Å². The number of fused-ring (bicyclic) bond motifs is 1. The zero-order valence-corrected chi connectivity index (χ0v) is 13.5. The number of carbonyl (C=O) groups excluding carboxylic acids is 1. The van der Waals surface area contributed by atoms with Gasteiger partial charge in [0.25, 0.3) is 10.7 Å². The number of rotatable bonds is 5. The molecule has 1 amide bonds. The van der Waals surface area contributed by atoms with Gasteiger partial charge in [0, 0.05) is 12.7 Å². The van der Waals surface area contributed by atoms with Crippen LogP contribution in [-0.2, 0) is 4.74 Å². The van der Waals surface area contributed by atoms with Gasteiger partial charge >= 0.3 is 0 Å². The summed E-state index contributed by atoms with van der Waals surface area (Å²) in [5.74, 6) is 1.18. The summed E-state index contributed by atoms with van der Waals surface area (Å²) in [5.41, 5.74) is 1.76. The van der Waals surface area contributed by atoms with E-state index in [0.29, 0.717) is 23.5 Å². The van der Waals surface area contributed by atoms with Crippen LogP contribution in [0.3, 0.4) is 0 Å². The molecule has 3 aromatic rings. The average Bonchev–Trinajstić information content (AvgIpc) is 3.10. The third-order valence-electron chi connectivity index (χ3n) is 3.43. The van der Waals surface area contributed by atoms with Crippen LogP contribution in [0.1, 0.15) is 27.9 Å². The van der Waals surface area contributed by atoms with Gasteiger partial charge in [-0.1, -0.05) is 0 Å². The van der Waals surface area contributed by atoms with Crippen molar-refractivity contribution in [2.24, 2.45) is 0 Å². The van der Waals surface area contributed by atoms with Crippen LogP contribution < -0.4 is 5.32 Å². The van der Waals surface area contributed by atoms with Crippen molar-refractivity contribution in [2.45, 2.75) is 13.0 Å². The topological polar surface area (TPSA) is 80.4 Å². The van der Waals surface area contributed by atoms with Gasteiger partial charge in [0.15, 0.2) is 5.58 Å². The first-order valence-electron chi connectivity index (χ1n) is 7.06. The Kier molecular flexibility index (Phi) is 4.31. The van der Waals surface area contributed by atoms with Gasteiger partial charge in [0.2, 0.25) is 0 Å². The van der Waals surface area contributed by atoms with E-state index in [1.54, 1.807) is 25.3 Å². The van der Waals surface area contributed by atoms with Crippen molar-refractivity contribution in [3.05, 3.63) is 52.3 Å². The minimum absolute atomic E-state index is 0.245. The smallest absolute Gasteiger partial charge is 0.266 e. The highest BCUT2D eigenvalue weighted by atomic mass is 32.1. The number of aryl methyl sites for hydroxylation is 1. The molecule has 0 bridgehead atoms. The number of hydrogen-bond acceptors (Lipinski definition) is 5. The summed E-state index contributed by atoms with van der Waals surface area (Å²) in [7, 11) is 1.57. The summed E-state index contributed by atoms with van der Waals surface area (Å²) in [6, 6.07) is 8.41. The number of aromatic amines is 1. The summed E-state index contributed by atoms with van der Waals surface area (Å²) in [6.07, 6.45) is 0. The molecular formula is C16H16N2O4S. The van der Waals surface area contributed by atoms with E-state index < -0.39 is 0 Å². The molecule has 3 rings (SSSR count). The molecule has 2 aromatic heterocycles. The molecule has 0 saturated carbocycles. The van der Waals surface area contributed by atoms with E-state index in [2.05, 4.69) is 10.3 Å². The standard InChI is InChI=1S/C16H16N2O4S/c1-9-3-6-13(21-9)12(8-20-2)17-15(19)10-4-5-11-14(7-10)22-16(23)18-11/h3-7,12H,8H2,1-2H3,(H,17,19)(H,18,23). The Labute approximate surface area is 137 Å². The van der Waals surface area contributed by atoms with E-state index >= 15 is 0 Å². The lowest BCUT2D eigenvalue weighted by Crippen LogP contribution is -2.31. The number of aromatic nitrogens is 1. The molecule has 0 aliphatic heterocycles. The van der Waals surface area contributed by atoms with Gasteiger partial charge < -0.3 is 23.9 Å². The molecule has 1 unspecified atom stereocenters. The van der Waals surface area contributed by atoms with Crippen LogP contribution in [0.2, 0.25) is 0 Å². The van der Waals surface area contributed by atoms with Gasteiger partial charge in [-0.05, 0) is 49.5 Å². The van der Waals surface area contributed by atoms with E-state index in [1.165, 1.54) is 0 Å².